The number of nitrogens with zero attached hydrogens (tertiary/aromatic N) is 2. The van der Waals surface area contributed by atoms with E-state index in [9.17, 15) is 0 Å². The fourth-order valence-corrected chi connectivity index (χ4v) is 2.97. The zero-order chi connectivity index (χ0) is 13.6. The average molecular weight is 261 g/mol. The minimum Gasteiger partial charge on any atom is -0.310 e. The lowest BCUT2D eigenvalue weighted by atomic mass is 9.92. The molecule has 3 heteroatoms. The molecule has 0 atom stereocenters. The van der Waals surface area contributed by atoms with Crippen LogP contribution in [0.15, 0.2) is 24.5 Å². The Morgan fingerprint density at radius 3 is 2.68 bits per heavy atom. The Bertz CT molecular complexity index is 360. The third-order valence-corrected chi connectivity index (χ3v) is 4.50. The molecule has 0 aliphatic carbocycles. The second-order valence-corrected chi connectivity index (χ2v) is 5.65. The number of nitrogens with one attached hydrogen (secondary N) is 1. The SMILES string of the molecule is CCC1(CC)CN(CCc2ccncc2)CCCN1. The van der Waals surface area contributed by atoms with Crippen molar-refractivity contribution in [3.63, 3.8) is 0 Å². The van der Waals surface area contributed by atoms with Crippen molar-refractivity contribution in [1.82, 2.24) is 15.2 Å². The topological polar surface area (TPSA) is 28.2 Å². The van der Waals surface area contributed by atoms with Gasteiger partial charge in [-0.25, -0.2) is 0 Å². The normalized spacial score (nSPS) is 20.1. The third kappa shape index (κ3) is 4.02. The predicted molar refractivity (Wildman–Crippen MR) is 80.3 cm³/mol. The van der Waals surface area contributed by atoms with Crippen LogP contribution in [-0.2, 0) is 6.42 Å². The largest absolute Gasteiger partial charge is 0.310 e. The predicted octanol–water partition coefficient (Wildman–Crippen LogP) is 2.48. The van der Waals surface area contributed by atoms with E-state index >= 15 is 0 Å². The molecule has 0 spiro atoms. The summed E-state index contributed by atoms with van der Waals surface area (Å²) in [6.07, 6.45) is 8.61. The highest BCUT2D eigenvalue weighted by molar-refractivity contribution is 5.10. The van der Waals surface area contributed by atoms with Gasteiger partial charge >= 0.3 is 0 Å². The first-order valence-corrected chi connectivity index (χ1v) is 7.64. The lowest BCUT2D eigenvalue weighted by Gasteiger charge is -2.35. The number of aromatic nitrogens is 1. The van der Waals surface area contributed by atoms with Crippen molar-refractivity contribution >= 4 is 0 Å². The Balaban J connectivity index is 1.92. The van der Waals surface area contributed by atoms with Gasteiger partial charge in [-0.05, 0) is 56.5 Å². The van der Waals surface area contributed by atoms with Crippen molar-refractivity contribution in [3.05, 3.63) is 30.1 Å². The minimum absolute atomic E-state index is 0.328. The fraction of sp³-hybridized carbons (Fsp3) is 0.688. The first-order valence-electron chi connectivity index (χ1n) is 7.64. The van der Waals surface area contributed by atoms with Gasteiger partial charge in [0.15, 0.2) is 0 Å². The summed E-state index contributed by atoms with van der Waals surface area (Å²) in [7, 11) is 0. The molecule has 0 bridgehead atoms. The Morgan fingerprint density at radius 1 is 1.26 bits per heavy atom. The Hall–Kier alpha value is -0.930. The molecule has 1 fully saturated rings. The maximum Gasteiger partial charge on any atom is 0.0303 e. The van der Waals surface area contributed by atoms with Crippen LogP contribution in [0.1, 0.15) is 38.7 Å². The molecule has 0 radical (unpaired) electrons. The van der Waals surface area contributed by atoms with Crippen molar-refractivity contribution in [2.75, 3.05) is 26.2 Å². The monoisotopic (exact) mass is 261 g/mol. The minimum atomic E-state index is 0.328. The molecule has 1 saturated heterocycles. The fourth-order valence-electron chi connectivity index (χ4n) is 2.97. The van der Waals surface area contributed by atoms with Crippen molar-refractivity contribution in [1.29, 1.82) is 0 Å². The highest BCUT2D eigenvalue weighted by Crippen LogP contribution is 2.19. The van der Waals surface area contributed by atoms with E-state index in [1.54, 1.807) is 0 Å². The van der Waals surface area contributed by atoms with E-state index in [-0.39, 0.29) is 0 Å². The first-order chi connectivity index (χ1) is 9.28. The van der Waals surface area contributed by atoms with Crippen LogP contribution in [-0.4, -0.2) is 41.6 Å². The smallest absolute Gasteiger partial charge is 0.0303 e. The number of hydrogen-bond acceptors (Lipinski definition) is 3. The van der Waals surface area contributed by atoms with E-state index in [1.807, 2.05) is 12.4 Å². The molecule has 0 aromatic carbocycles. The van der Waals surface area contributed by atoms with Crippen LogP contribution < -0.4 is 5.32 Å². The summed E-state index contributed by atoms with van der Waals surface area (Å²) in [4.78, 5) is 6.71. The molecule has 106 valence electrons. The van der Waals surface area contributed by atoms with E-state index in [0.29, 0.717) is 5.54 Å². The standard InChI is InChI=1S/C16H27N3/c1-3-16(4-2)14-19(12-5-9-18-16)13-8-15-6-10-17-11-7-15/h6-7,10-11,18H,3-5,8-9,12-14H2,1-2H3. The molecule has 2 rings (SSSR count). The van der Waals surface area contributed by atoms with Gasteiger partial charge < -0.3 is 10.2 Å². The third-order valence-electron chi connectivity index (χ3n) is 4.50. The van der Waals surface area contributed by atoms with Crippen LogP contribution in [0.25, 0.3) is 0 Å². The van der Waals surface area contributed by atoms with Crippen LogP contribution in [0, 0.1) is 0 Å². The summed E-state index contributed by atoms with van der Waals surface area (Å²) in [6, 6.07) is 4.26. The van der Waals surface area contributed by atoms with Crippen LogP contribution in [0.5, 0.6) is 0 Å². The number of rotatable bonds is 5. The van der Waals surface area contributed by atoms with Crippen LogP contribution in [0.4, 0.5) is 0 Å². The lowest BCUT2D eigenvalue weighted by molar-refractivity contribution is 0.199. The highest BCUT2D eigenvalue weighted by Gasteiger charge is 2.29. The van der Waals surface area contributed by atoms with Crippen molar-refractivity contribution in [2.45, 2.75) is 45.1 Å². The van der Waals surface area contributed by atoms with Gasteiger partial charge in [-0.3, -0.25) is 4.98 Å². The lowest BCUT2D eigenvalue weighted by Crippen LogP contribution is -2.50. The second-order valence-electron chi connectivity index (χ2n) is 5.65. The van der Waals surface area contributed by atoms with E-state index in [1.165, 1.54) is 37.9 Å². The van der Waals surface area contributed by atoms with Gasteiger partial charge in [0.2, 0.25) is 0 Å². The van der Waals surface area contributed by atoms with Gasteiger partial charge in [-0.15, -0.1) is 0 Å². The second kappa shape index (κ2) is 7.01. The van der Waals surface area contributed by atoms with Crippen molar-refractivity contribution in [2.24, 2.45) is 0 Å². The molecule has 19 heavy (non-hydrogen) atoms. The van der Waals surface area contributed by atoms with Gasteiger partial charge in [0.25, 0.3) is 0 Å². The zero-order valence-corrected chi connectivity index (χ0v) is 12.4. The highest BCUT2D eigenvalue weighted by atomic mass is 15.2. The van der Waals surface area contributed by atoms with Gasteiger partial charge in [0.05, 0.1) is 0 Å². The summed E-state index contributed by atoms with van der Waals surface area (Å²) in [5, 5.41) is 3.77. The van der Waals surface area contributed by atoms with E-state index in [0.717, 1.165) is 19.5 Å². The van der Waals surface area contributed by atoms with Crippen LogP contribution in [0.3, 0.4) is 0 Å². The maximum absolute atomic E-state index is 4.08. The average Bonchev–Trinajstić information content (AvgIpc) is 2.69. The molecule has 1 N–H and O–H groups in total. The molecule has 0 amide bonds. The Labute approximate surface area is 117 Å². The van der Waals surface area contributed by atoms with Gasteiger partial charge in [0, 0.05) is 31.0 Å². The number of hydrogen-bond donors (Lipinski definition) is 1. The summed E-state index contributed by atoms with van der Waals surface area (Å²) < 4.78 is 0. The van der Waals surface area contributed by atoms with E-state index in [4.69, 9.17) is 0 Å². The van der Waals surface area contributed by atoms with Crippen LogP contribution >= 0.6 is 0 Å². The van der Waals surface area contributed by atoms with Gasteiger partial charge in [-0.1, -0.05) is 13.8 Å². The molecule has 1 aromatic rings. The van der Waals surface area contributed by atoms with Gasteiger partial charge in [0.1, 0.15) is 0 Å². The summed E-state index contributed by atoms with van der Waals surface area (Å²) in [6.45, 7) is 9.34. The summed E-state index contributed by atoms with van der Waals surface area (Å²) in [5.41, 5.74) is 1.72. The van der Waals surface area contributed by atoms with Crippen LogP contribution in [0.2, 0.25) is 0 Å². The molecule has 1 aliphatic heterocycles. The molecule has 2 heterocycles. The molecule has 1 aromatic heterocycles. The Morgan fingerprint density at radius 2 is 2.00 bits per heavy atom. The van der Waals surface area contributed by atoms with Crippen molar-refractivity contribution in [3.8, 4) is 0 Å². The molecular formula is C16H27N3. The quantitative estimate of drug-likeness (QED) is 0.882. The van der Waals surface area contributed by atoms with E-state index in [2.05, 4.69) is 41.2 Å². The number of pyridine rings is 1. The van der Waals surface area contributed by atoms with Gasteiger partial charge in [-0.2, -0.15) is 0 Å². The summed E-state index contributed by atoms with van der Waals surface area (Å²) >= 11 is 0. The molecular weight excluding hydrogens is 234 g/mol. The molecule has 0 unspecified atom stereocenters. The van der Waals surface area contributed by atoms with E-state index < -0.39 is 0 Å². The molecule has 0 saturated carbocycles. The van der Waals surface area contributed by atoms with Crippen molar-refractivity contribution < 1.29 is 0 Å². The first kappa shape index (κ1) is 14.5. The molecule has 3 nitrogen and oxygen atoms in total. The Kier molecular flexibility index (Phi) is 5.34. The zero-order valence-electron chi connectivity index (χ0n) is 12.4. The summed E-state index contributed by atoms with van der Waals surface area (Å²) in [5.74, 6) is 0. The molecule has 1 aliphatic rings. The maximum atomic E-state index is 4.08.